The fourth-order valence-corrected chi connectivity index (χ4v) is 2.58. The molecule has 0 saturated carbocycles. The van der Waals surface area contributed by atoms with Gasteiger partial charge >= 0.3 is 5.97 Å². The summed E-state index contributed by atoms with van der Waals surface area (Å²) in [5.74, 6) is -0.144. The van der Waals surface area contributed by atoms with E-state index < -0.39 is 0 Å². The molecule has 98 valence electrons. The molecule has 1 rings (SSSR count). The van der Waals surface area contributed by atoms with Crippen LogP contribution in [0.15, 0.2) is 23.1 Å². The van der Waals surface area contributed by atoms with E-state index in [0.717, 1.165) is 0 Å². The Bertz CT molecular complexity index is 461. The van der Waals surface area contributed by atoms with Gasteiger partial charge in [0.15, 0.2) is 0 Å². The molecule has 0 aromatic heterocycles. The summed E-state index contributed by atoms with van der Waals surface area (Å²) in [5.41, 5.74) is 0.732. The predicted molar refractivity (Wildman–Crippen MR) is 69.7 cm³/mol. The van der Waals surface area contributed by atoms with Crippen LogP contribution in [0.2, 0.25) is 0 Å². The molecule has 1 atom stereocenters. The fraction of sp³-hybridized carbons (Fsp3) is 0.417. The van der Waals surface area contributed by atoms with E-state index in [9.17, 15) is 14.9 Å². The molecule has 0 aliphatic heterocycles. The predicted octanol–water partition coefficient (Wildman–Crippen LogP) is 2.80. The molecule has 6 heteroatoms. The molecular weight excluding hydrogens is 254 g/mol. The first-order valence-electron chi connectivity index (χ1n) is 5.42. The quantitative estimate of drug-likeness (QED) is 0.356. The average molecular weight is 269 g/mol. The van der Waals surface area contributed by atoms with Crippen molar-refractivity contribution in [2.24, 2.45) is 5.92 Å². The number of esters is 1. The molecule has 0 bridgehead atoms. The summed E-state index contributed by atoms with van der Waals surface area (Å²) in [6.07, 6.45) is 0. The molecule has 0 spiro atoms. The highest BCUT2D eigenvalue weighted by atomic mass is 32.2. The molecule has 1 aromatic rings. The zero-order valence-electron chi connectivity index (χ0n) is 10.5. The lowest BCUT2D eigenvalue weighted by Crippen LogP contribution is -2.14. The first-order chi connectivity index (χ1) is 8.47. The van der Waals surface area contributed by atoms with Gasteiger partial charge in [-0.2, -0.15) is 0 Å². The summed E-state index contributed by atoms with van der Waals surface area (Å²) in [6.45, 7) is 3.44. The van der Waals surface area contributed by atoms with Gasteiger partial charge in [-0.05, 0) is 13.0 Å². The molecule has 0 aliphatic carbocycles. The fourth-order valence-electron chi connectivity index (χ4n) is 1.47. The van der Waals surface area contributed by atoms with Gasteiger partial charge < -0.3 is 4.74 Å². The highest BCUT2D eigenvalue weighted by molar-refractivity contribution is 7.99. The van der Waals surface area contributed by atoms with Crippen molar-refractivity contribution >= 4 is 23.4 Å². The summed E-state index contributed by atoms with van der Waals surface area (Å²) >= 11 is 1.30. The maximum Gasteiger partial charge on any atom is 0.309 e. The van der Waals surface area contributed by atoms with E-state index in [0.29, 0.717) is 16.2 Å². The summed E-state index contributed by atoms with van der Waals surface area (Å²) in [5, 5.41) is 11.0. The van der Waals surface area contributed by atoms with Crippen molar-refractivity contribution in [1.29, 1.82) is 0 Å². The van der Waals surface area contributed by atoms with Gasteiger partial charge in [0.25, 0.3) is 5.69 Å². The van der Waals surface area contributed by atoms with Crippen LogP contribution in [0.5, 0.6) is 0 Å². The summed E-state index contributed by atoms with van der Waals surface area (Å²) in [4.78, 5) is 22.4. The van der Waals surface area contributed by atoms with E-state index in [1.807, 2.05) is 0 Å². The Hall–Kier alpha value is -1.56. The second-order valence-electron chi connectivity index (χ2n) is 3.91. The third-order valence-electron chi connectivity index (χ3n) is 2.48. The molecule has 0 radical (unpaired) electrons. The molecular formula is C12H15NO4S. The van der Waals surface area contributed by atoms with Crippen LogP contribution in [0, 0.1) is 23.0 Å². The second-order valence-corrected chi connectivity index (χ2v) is 4.98. The first kappa shape index (κ1) is 14.5. The van der Waals surface area contributed by atoms with Gasteiger partial charge in [-0.1, -0.05) is 19.1 Å². The Morgan fingerprint density at radius 1 is 1.56 bits per heavy atom. The Kier molecular flexibility index (Phi) is 5.15. The number of carbonyl (C=O) groups is 1. The number of rotatable bonds is 5. The van der Waals surface area contributed by atoms with Crippen LogP contribution in [0.1, 0.15) is 12.5 Å². The van der Waals surface area contributed by atoms with Crippen molar-refractivity contribution in [3.63, 3.8) is 0 Å². The average Bonchev–Trinajstić information content (AvgIpc) is 2.34. The lowest BCUT2D eigenvalue weighted by molar-refractivity contribution is -0.388. The zero-order chi connectivity index (χ0) is 13.7. The minimum absolute atomic E-state index is 0.111. The third kappa shape index (κ3) is 3.46. The Labute approximate surface area is 110 Å². The number of ether oxygens (including phenoxy) is 1. The van der Waals surface area contributed by atoms with E-state index >= 15 is 0 Å². The van der Waals surface area contributed by atoms with E-state index in [4.69, 9.17) is 0 Å². The van der Waals surface area contributed by atoms with Gasteiger partial charge in [-0.25, -0.2) is 0 Å². The SMILES string of the molecule is COC(=O)C(C)CSc1cccc(C)c1[N+](=O)[O-]. The van der Waals surface area contributed by atoms with Crippen LogP contribution >= 0.6 is 11.8 Å². The minimum Gasteiger partial charge on any atom is -0.469 e. The molecule has 0 heterocycles. The number of aryl methyl sites for hydroxylation is 1. The molecule has 1 aromatic carbocycles. The summed E-state index contributed by atoms with van der Waals surface area (Å²) in [6, 6.07) is 5.17. The number of benzene rings is 1. The van der Waals surface area contributed by atoms with E-state index in [2.05, 4.69) is 4.74 Å². The van der Waals surface area contributed by atoms with Crippen LogP contribution < -0.4 is 0 Å². The van der Waals surface area contributed by atoms with Gasteiger partial charge in [0.2, 0.25) is 0 Å². The Morgan fingerprint density at radius 2 is 2.22 bits per heavy atom. The van der Waals surface area contributed by atoms with Crippen LogP contribution in [-0.2, 0) is 9.53 Å². The molecule has 0 aliphatic rings. The van der Waals surface area contributed by atoms with E-state index in [1.165, 1.54) is 18.9 Å². The normalized spacial score (nSPS) is 11.9. The summed E-state index contributed by atoms with van der Waals surface area (Å²) in [7, 11) is 1.33. The number of nitrogens with zero attached hydrogens (tertiary/aromatic N) is 1. The molecule has 0 saturated heterocycles. The maximum absolute atomic E-state index is 11.2. The number of hydrogen-bond donors (Lipinski definition) is 0. The van der Waals surface area contributed by atoms with E-state index in [1.54, 1.807) is 32.0 Å². The van der Waals surface area contributed by atoms with Crippen LogP contribution in [0.3, 0.4) is 0 Å². The van der Waals surface area contributed by atoms with Crippen molar-refractivity contribution in [2.45, 2.75) is 18.7 Å². The topological polar surface area (TPSA) is 69.4 Å². The lowest BCUT2D eigenvalue weighted by Gasteiger charge is -2.09. The molecule has 0 amide bonds. The third-order valence-corrected chi connectivity index (χ3v) is 3.78. The molecule has 0 N–H and O–H groups in total. The molecule has 0 fully saturated rings. The number of nitro benzene ring substituents is 1. The minimum atomic E-state index is -0.388. The number of carbonyl (C=O) groups excluding carboxylic acids is 1. The van der Waals surface area contributed by atoms with Crippen LogP contribution in [0.4, 0.5) is 5.69 Å². The van der Waals surface area contributed by atoms with Crippen molar-refractivity contribution in [3.8, 4) is 0 Å². The maximum atomic E-state index is 11.2. The lowest BCUT2D eigenvalue weighted by atomic mass is 10.2. The standard InChI is InChI=1S/C12H15NO4S/c1-8-5-4-6-10(11(8)13(15)16)18-7-9(2)12(14)17-3/h4-6,9H,7H2,1-3H3. The largest absolute Gasteiger partial charge is 0.469 e. The van der Waals surface area contributed by atoms with Gasteiger partial charge in [-0.15, -0.1) is 11.8 Å². The number of para-hydroxylation sites is 1. The second kappa shape index (κ2) is 6.39. The number of hydrogen-bond acceptors (Lipinski definition) is 5. The van der Waals surface area contributed by atoms with Gasteiger partial charge in [0, 0.05) is 11.3 Å². The highest BCUT2D eigenvalue weighted by Gasteiger charge is 2.20. The van der Waals surface area contributed by atoms with E-state index in [-0.39, 0.29) is 22.5 Å². The number of thioether (sulfide) groups is 1. The van der Waals surface area contributed by atoms with Gasteiger partial charge in [0.1, 0.15) is 0 Å². The van der Waals surface area contributed by atoms with Crippen LogP contribution in [-0.4, -0.2) is 23.8 Å². The number of methoxy groups -OCH3 is 1. The van der Waals surface area contributed by atoms with Crippen molar-refractivity contribution < 1.29 is 14.5 Å². The highest BCUT2D eigenvalue weighted by Crippen LogP contribution is 2.32. The smallest absolute Gasteiger partial charge is 0.309 e. The van der Waals surface area contributed by atoms with Crippen molar-refractivity contribution in [2.75, 3.05) is 12.9 Å². The molecule has 1 unspecified atom stereocenters. The zero-order valence-corrected chi connectivity index (χ0v) is 11.3. The Balaban J connectivity index is 2.82. The van der Waals surface area contributed by atoms with Crippen molar-refractivity contribution in [1.82, 2.24) is 0 Å². The number of nitro groups is 1. The summed E-state index contributed by atoms with van der Waals surface area (Å²) < 4.78 is 4.62. The molecule has 18 heavy (non-hydrogen) atoms. The molecule has 5 nitrogen and oxygen atoms in total. The first-order valence-corrected chi connectivity index (χ1v) is 6.40. The van der Waals surface area contributed by atoms with Gasteiger partial charge in [0.05, 0.1) is 22.8 Å². The van der Waals surface area contributed by atoms with Gasteiger partial charge in [-0.3, -0.25) is 14.9 Å². The monoisotopic (exact) mass is 269 g/mol. The Morgan fingerprint density at radius 3 is 2.78 bits per heavy atom. The van der Waals surface area contributed by atoms with Crippen LogP contribution in [0.25, 0.3) is 0 Å². The van der Waals surface area contributed by atoms with Crippen molar-refractivity contribution in [3.05, 3.63) is 33.9 Å².